The molecule has 0 atom stereocenters. The van der Waals surface area contributed by atoms with Crippen LogP contribution in [0.5, 0.6) is 0 Å². The summed E-state index contributed by atoms with van der Waals surface area (Å²) in [6.07, 6.45) is -2.15. The maximum Gasteiger partial charge on any atom is 0.419 e. The SMILES string of the molecule is CN1Cc2cccc(N)c2C1=O.CN1Cc2cccc(Nc3cc(Cl)ncc3C(F)(F)F)c2C1=O.Cc1cnc(Cl)cc1I. The Morgan fingerprint density at radius 3 is 1.98 bits per heavy atom. The minimum absolute atomic E-state index is 0.0306. The minimum Gasteiger partial charge on any atom is -0.398 e. The van der Waals surface area contributed by atoms with Crippen molar-refractivity contribution in [1.82, 2.24) is 19.8 Å². The molecular formula is C30H26Cl2F3IN6O2. The third-order valence-electron chi connectivity index (χ3n) is 6.72. The third kappa shape index (κ3) is 7.53. The number of halogens is 6. The molecule has 0 aliphatic carbocycles. The van der Waals surface area contributed by atoms with E-state index in [-0.39, 0.29) is 22.7 Å². The first-order valence-corrected chi connectivity index (χ1v) is 14.8. The number of nitrogens with zero attached hydrogens (tertiary/aromatic N) is 4. The molecule has 8 nitrogen and oxygen atoms in total. The normalized spacial score (nSPS) is 13.5. The molecule has 4 aromatic rings. The van der Waals surface area contributed by atoms with Crippen LogP contribution < -0.4 is 11.1 Å². The summed E-state index contributed by atoms with van der Waals surface area (Å²) in [6.45, 7) is 3.11. The van der Waals surface area contributed by atoms with Crippen LogP contribution in [-0.2, 0) is 19.3 Å². The molecule has 2 aromatic heterocycles. The van der Waals surface area contributed by atoms with Gasteiger partial charge in [-0.15, -0.1) is 0 Å². The van der Waals surface area contributed by atoms with Crippen LogP contribution >= 0.6 is 45.8 Å². The van der Waals surface area contributed by atoms with Crippen molar-refractivity contribution in [1.29, 1.82) is 0 Å². The van der Waals surface area contributed by atoms with Crippen LogP contribution in [0.15, 0.2) is 60.9 Å². The highest BCUT2D eigenvalue weighted by atomic mass is 127. The summed E-state index contributed by atoms with van der Waals surface area (Å²) in [5, 5.41) is 3.17. The Kier molecular flexibility index (Phi) is 10.3. The molecule has 2 aromatic carbocycles. The molecule has 0 spiro atoms. The summed E-state index contributed by atoms with van der Waals surface area (Å²) in [4.78, 5) is 34.2. The Labute approximate surface area is 275 Å². The number of anilines is 3. The molecule has 0 bridgehead atoms. The standard InChI is InChI=1S/C15H11ClF3N3O.C9H10N2O.C6H5ClIN/c1-22-7-8-3-2-4-10(13(8)14(22)23)21-11-5-12(16)20-6-9(11)15(17,18)19;1-11-5-6-3-2-4-7(10)8(6)9(11)12;1-4-3-9-6(7)2-5(4)8/h2-6H,7H2,1H3,(H,20,21);2-4H,5,10H2,1H3;2-3H,1H3. The molecule has 2 amide bonds. The first-order chi connectivity index (χ1) is 20.7. The zero-order valence-corrected chi connectivity index (χ0v) is 27.3. The van der Waals surface area contributed by atoms with Gasteiger partial charge in [-0.25, -0.2) is 9.97 Å². The van der Waals surface area contributed by atoms with E-state index in [0.29, 0.717) is 46.9 Å². The van der Waals surface area contributed by atoms with Gasteiger partial charge in [-0.2, -0.15) is 13.2 Å². The van der Waals surface area contributed by atoms with Gasteiger partial charge in [0.25, 0.3) is 11.8 Å². The average Bonchev–Trinajstić information content (AvgIpc) is 3.41. The number of hydrogen-bond donors (Lipinski definition) is 2. The van der Waals surface area contributed by atoms with Crippen LogP contribution in [0.25, 0.3) is 0 Å². The van der Waals surface area contributed by atoms with Gasteiger partial charge in [0.05, 0.1) is 28.1 Å². The summed E-state index contributed by atoms with van der Waals surface area (Å²) >= 11 is 13.5. The van der Waals surface area contributed by atoms with Crippen molar-refractivity contribution in [3.63, 3.8) is 0 Å². The lowest BCUT2D eigenvalue weighted by Gasteiger charge is -2.16. The molecule has 4 heterocycles. The Morgan fingerprint density at radius 2 is 1.41 bits per heavy atom. The van der Waals surface area contributed by atoms with Crippen LogP contribution in [0.2, 0.25) is 10.3 Å². The quantitative estimate of drug-likeness (QED) is 0.124. The zero-order chi connectivity index (χ0) is 32.3. The number of aromatic nitrogens is 2. The van der Waals surface area contributed by atoms with Gasteiger partial charge in [0.15, 0.2) is 0 Å². The topological polar surface area (TPSA) is 104 Å². The molecular weight excluding hydrogens is 731 g/mol. The van der Waals surface area contributed by atoms with E-state index in [4.69, 9.17) is 28.9 Å². The van der Waals surface area contributed by atoms with E-state index in [0.717, 1.165) is 20.8 Å². The van der Waals surface area contributed by atoms with Crippen LogP contribution in [0.3, 0.4) is 0 Å². The predicted octanol–water partition coefficient (Wildman–Crippen LogP) is 7.59. The largest absolute Gasteiger partial charge is 0.419 e. The van der Waals surface area contributed by atoms with Gasteiger partial charge in [-0.05, 0) is 70.5 Å². The predicted molar refractivity (Wildman–Crippen MR) is 173 cm³/mol. The first kappa shape index (κ1) is 33.3. The van der Waals surface area contributed by atoms with Gasteiger partial charge < -0.3 is 20.9 Å². The number of pyridine rings is 2. The van der Waals surface area contributed by atoms with E-state index in [1.165, 1.54) is 10.5 Å². The van der Waals surface area contributed by atoms with Gasteiger partial charge in [0.1, 0.15) is 10.3 Å². The second kappa shape index (κ2) is 13.6. The van der Waals surface area contributed by atoms with E-state index < -0.39 is 11.7 Å². The van der Waals surface area contributed by atoms with Crippen molar-refractivity contribution in [2.75, 3.05) is 25.1 Å². The maximum atomic E-state index is 13.1. The van der Waals surface area contributed by atoms with E-state index in [1.807, 2.05) is 25.1 Å². The minimum atomic E-state index is -4.58. The number of nitrogens with two attached hydrogens (primary N) is 1. The van der Waals surface area contributed by atoms with Crippen LogP contribution in [-0.4, -0.2) is 45.7 Å². The molecule has 230 valence electrons. The zero-order valence-electron chi connectivity index (χ0n) is 23.6. The highest BCUT2D eigenvalue weighted by Crippen LogP contribution is 2.38. The number of benzene rings is 2. The highest BCUT2D eigenvalue weighted by molar-refractivity contribution is 14.1. The van der Waals surface area contributed by atoms with Crippen molar-refractivity contribution in [2.24, 2.45) is 0 Å². The number of aryl methyl sites for hydroxylation is 1. The molecule has 0 unspecified atom stereocenters. The number of alkyl halides is 3. The van der Waals surface area contributed by atoms with Crippen molar-refractivity contribution in [3.05, 3.63) is 108 Å². The van der Waals surface area contributed by atoms with E-state index in [1.54, 1.807) is 49.5 Å². The first-order valence-electron chi connectivity index (χ1n) is 12.9. The Morgan fingerprint density at radius 1 is 0.864 bits per heavy atom. The fourth-order valence-electron chi connectivity index (χ4n) is 4.52. The van der Waals surface area contributed by atoms with Gasteiger partial charge >= 0.3 is 6.18 Å². The molecule has 14 heteroatoms. The Bertz CT molecular complexity index is 1740. The fraction of sp³-hybridized carbons (Fsp3) is 0.200. The number of carbonyl (C=O) groups is 2. The lowest BCUT2D eigenvalue weighted by Crippen LogP contribution is -2.18. The summed E-state index contributed by atoms with van der Waals surface area (Å²) in [5.74, 6) is -0.208. The van der Waals surface area contributed by atoms with E-state index in [9.17, 15) is 22.8 Å². The van der Waals surface area contributed by atoms with Gasteiger partial charge in [-0.3, -0.25) is 9.59 Å². The summed E-state index contributed by atoms with van der Waals surface area (Å²) in [7, 11) is 3.42. The lowest BCUT2D eigenvalue weighted by atomic mass is 10.1. The van der Waals surface area contributed by atoms with Crippen LogP contribution in [0.1, 0.15) is 43.0 Å². The summed E-state index contributed by atoms with van der Waals surface area (Å²) < 4.78 is 40.5. The number of carbonyl (C=O) groups excluding carboxylic acids is 2. The summed E-state index contributed by atoms with van der Waals surface area (Å²) in [6, 6.07) is 13.5. The average molecular weight is 757 g/mol. The number of nitrogen functional groups attached to an aromatic ring is 1. The molecule has 0 saturated heterocycles. The van der Waals surface area contributed by atoms with Gasteiger partial charge in [0, 0.05) is 48.8 Å². The van der Waals surface area contributed by atoms with Crippen LogP contribution in [0.4, 0.5) is 30.2 Å². The van der Waals surface area contributed by atoms with Crippen molar-refractivity contribution < 1.29 is 22.8 Å². The molecule has 0 radical (unpaired) electrons. The van der Waals surface area contributed by atoms with Crippen molar-refractivity contribution in [3.8, 4) is 0 Å². The molecule has 2 aliphatic heterocycles. The summed E-state index contributed by atoms with van der Waals surface area (Å²) in [5.41, 5.74) is 9.39. The number of amides is 2. The molecule has 2 aliphatic rings. The van der Waals surface area contributed by atoms with Gasteiger partial charge in [-0.1, -0.05) is 47.5 Å². The molecule has 44 heavy (non-hydrogen) atoms. The number of nitrogens with one attached hydrogen (secondary N) is 1. The smallest absolute Gasteiger partial charge is 0.398 e. The third-order valence-corrected chi connectivity index (χ3v) is 8.29. The lowest BCUT2D eigenvalue weighted by molar-refractivity contribution is -0.137. The highest BCUT2D eigenvalue weighted by Gasteiger charge is 2.35. The second-order valence-corrected chi connectivity index (χ2v) is 11.9. The number of rotatable bonds is 2. The molecule has 0 fully saturated rings. The maximum absolute atomic E-state index is 13.1. The van der Waals surface area contributed by atoms with Crippen molar-refractivity contribution in [2.45, 2.75) is 26.2 Å². The Balaban J connectivity index is 0.000000174. The van der Waals surface area contributed by atoms with Crippen LogP contribution in [0, 0.1) is 10.5 Å². The molecule has 6 rings (SSSR count). The number of fused-ring (bicyclic) bond motifs is 2. The number of hydrogen-bond acceptors (Lipinski definition) is 6. The van der Waals surface area contributed by atoms with E-state index >= 15 is 0 Å². The second-order valence-electron chi connectivity index (χ2n) is 9.98. The Hall–Kier alpha value is -3.62. The van der Waals surface area contributed by atoms with Gasteiger partial charge in [0.2, 0.25) is 0 Å². The fourth-order valence-corrected chi connectivity index (χ4v) is 5.45. The van der Waals surface area contributed by atoms with E-state index in [2.05, 4.69) is 37.9 Å². The van der Waals surface area contributed by atoms with Crippen molar-refractivity contribution >= 4 is 74.7 Å². The molecule has 0 saturated carbocycles. The monoisotopic (exact) mass is 756 g/mol. The molecule has 3 N–H and O–H groups in total.